The van der Waals surface area contributed by atoms with Gasteiger partial charge in [0, 0.05) is 13.0 Å². The Bertz CT molecular complexity index is 390. The normalized spacial score (nSPS) is 15.1. The fourth-order valence-corrected chi connectivity index (χ4v) is 1.52. The number of amides is 1. The summed E-state index contributed by atoms with van der Waals surface area (Å²) in [7, 11) is 0. The summed E-state index contributed by atoms with van der Waals surface area (Å²) in [5.41, 5.74) is 1.76. The van der Waals surface area contributed by atoms with Gasteiger partial charge in [0.15, 0.2) is 0 Å². The number of rotatable bonds is 0. The average molecular weight is 194 g/mol. The van der Waals surface area contributed by atoms with Crippen LogP contribution in [0.25, 0.3) is 0 Å². The molecule has 1 amide bonds. The number of aryl methyl sites for hydroxylation is 1. The second-order valence-corrected chi connectivity index (χ2v) is 3.39. The molecule has 1 aliphatic rings. The minimum absolute atomic E-state index is 0.154. The standard InChI is InChI=1S/C10H11FN2O/c1-6-4-7(11)10-8(5-6)12-3-2-9(14)13-10/h4-5,12H,2-3H2,1H3,(H,13,14). The van der Waals surface area contributed by atoms with Crippen molar-refractivity contribution >= 4 is 17.3 Å². The summed E-state index contributed by atoms with van der Waals surface area (Å²) in [6, 6.07) is 3.23. The van der Waals surface area contributed by atoms with Gasteiger partial charge in [-0.1, -0.05) is 0 Å². The zero-order chi connectivity index (χ0) is 10.1. The van der Waals surface area contributed by atoms with E-state index < -0.39 is 0 Å². The van der Waals surface area contributed by atoms with E-state index in [9.17, 15) is 9.18 Å². The predicted molar refractivity (Wildman–Crippen MR) is 52.9 cm³/mol. The molecule has 1 aliphatic heterocycles. The molecule has 0 radical (unpaired) electrons. The van der Waals surface area contributed by atoms with E-state index in [1.165, 1.54) is 6.07 Å². The van der Waals surface area contributed by atoms with Crippen molar-refractivity contribution in [2.75, 3.05) is 17.2 Å². The van der Waals surface area contributed by atoms with Gasteiger partial charge < -0.3 is 10.6 Å². The van der Waals surface area contributed by atoms with E-state index in [0.29, 0.717) is 18.7 Å². The third kappa shape index (κ3) is 1.55. The molecule has 0 fully saturated rings. The van der Waals surface area contributed by atoms with Gasteiger partial charge in [0.2, 0.25) is 5.91 Å². The van der Waals surface area contributed by atoms with Crippen LogP contribution >= 0.6 is 0 Å². The second kappa shape index (κ2) is 3.29. The highest BCUT2D eigenvalue weighted by molar-refractivity contribution is 5.96. The summed E-state index contributed by atoms with van der Waals surface area (Å²) in [6.07, 6.45) is 0.368. The van der Waals surface area contributed by atoms with Crippen LogP contribution in [0.5, 0.6) is 0 Å². The molecule has 14 heavy (non-hydrogen) atoms. The summed E-state index contributed by atoms with van der Waals surface area (Å²) in [5.74, 6) is -0.540. The molecule has 0 aliphatic carbocycles. The molecule has 4 heteroatoms. The van der Waals surface area contributed by atoms with Gasteiger partial charge in [0.25, 0.3) is 0 Å². The first kappa shape index (κ1) is 8.99. The zero-order valence-electron chi connectivity index (χ0n) is 7.86. The lowest BCUT2D eigenvalue weighted by atomic mass is 10.2. The van der Waals surface area contributed by atoms with Crippen LogP contribution in [0.1, 0.15) is 12.0 Å². The fraction of sp³-hybridized carbons (Fsp3) is 0.300. The smallest absolute Gasteiger partial charge is 0.226 e. The zero-order valence-corrected chi connectivity index (χ0v) is 7.86. The van der Waals surface area contributed by atoms with Gasteiger partial charge in [-0.2, -0.15) is 0 Å². The predicted octanol–water partition coefficient (Wildman–Crippen LogP) is 1.89. The lowest BCUT2D eigenvalue weighted by Crippen LogP contribution is -2.11. The first-order valence-corrected chi connectivity index (χ1v) is 4.50. The molecule has 74 valence electrons. The van der Waals surface area contributed by atoms with Gasteiger partial charge >= 0.3 is 0 Å². The van der Waals surface area contributed by atoms with Crippen molar-refractivity contribution in [3.05, 3.63) is 23.5 Å². The number of nitrogens with one attached hydrogen (secondary N) is 2. The molecule has 0 bridgehead atoms. The fourth-order valence-electron chi connectivity index (χ4n) is 1.52. The number of hydrogen-bond acceptors (Lipinski definition) is 2. The highest BCUT2D eigenvalue weighted by Gasteiger charge is 2.16. The van der Waals surface area contributed by atoms with Gasteiger partial charge in [-0.3, -0.25) is 4.79 Å². The van der Waals surface area contributed by atoms with Crippen molar-refractivity contribution in [3.8, 4) is 0 Å². The molecule has 2 rings (SSSR count). The van der Waals surface area contributed by atoms with Crippen LogP contribution in [0.3, 0.4) is 0 Å². The van der Waals surface area contributed by atoms with Crippen LogP contribution < -0.4 is 10.6 Å². The summed E-state index contributed by atoms with van der Waals surface area (Å²) in [4.78, 5) is 11.2. The maximum absolute atomic E-state index is 13.4. The lowest BCUT2D eigenvalue weighted by molar-refractivity contribution is -0.115. The third-order valence-electron chi connectivity index (χ3n) is 2.17. The number of fused-ring (bicyclic) bond motifs is 1. The summed E-state index contributed by atoms with van der Waals surface area (Å²) in [5, 5.41) is 5.56. The largest absolute Gasteiger partial charge is 0.383 e. The molecule has 1 heterocycles. The number of hydrogen-bond donors (Lipinski definition) is 2. The van der Waals surface area contributed by atoms with Crippen LogP contribution in [-0.2, 0) is 4.79 Å². The molecule has 3 nitrogen and oxygen atoms in total. The Morgan fingerprint density at radius 2 is 2.21 bits per heavy atom. The van der Waals surface area contributed by atoms with Crippen molar-refractivity contribution < 1.29 is 9.18 Å². The molecule has 2 N–H and O–H groups in total. The maximum Gasteiger partial charge on any atom is 0.226 e. The van der Waals surface area contributed by atoms with Gasteiger partial charge in [0.1, 0.15) is 11.5 Å². The molecule has 1 aromatic carbocycles. The molecule has 1 aromatic rings. The van der Waals surface area contributed by atoms with Gasteiger partial charge in [-0.15, -0.1) is 0 Å². The van der Waals surface area contributed by atoms with Gasteiger partial charge in [-0.05, 0) is 24.6 Å². The first-order valence-electron chi connectivity index (χ1n) is 4.50. The van der Waals surface area contributed by atoms with Crippen molar-refractivity contribution in [1.29, 1.82) is 0 Å². The SMILES string of the molecule is Cc1cc(F)c2c(c1)NCCC(=O)N2. The molecule has 0 atom stereocenters. The Morgan fingerprint density at radius 1 is 1.43 bits per heavy atom. The Morgan fingerprint density at radius 3 is 3.00 bits per heavy atom. The summed E-state index contributed by atoms with van der Waals surface area (Å²) >= 11 is 0. The Labute approximate surface area is 81.3 Å². The first-order chi connectivity index (χ1) is 6.66. The number of carbonyl (C=O) groups excluding carboxylic acids is 1. The van der Waals surface area contributed by atoms with Crippen molar-refractivity contribution in [2.24, 2.45) is 0 Å². The van der Waals surface area contributed by atoms with E-state index >= 15 is 0 Å². The molecule has 0 saturated carbocycles. The molecular weight excluding hydrogens is 183 g/mol. The molecule has 0 saturated heterocycles. The lowest BCUT2D eigenvalue weighted by Gasteiger charge is -2.09. The van der Waals surface area contributed by atoms with Crippen molar-refractivity contribution in [1.82, 2.24) is 0 Å². The Kier molecular flexibility index (Phi) is 2.11. The van der Waals surface area contributed by atoms with E-state index in [4.69, 9.17) is 0 Å². The third-order valence-corrected chi connectivity index (χ3v) is 2.17. The van der Waals surface area contributed by atoms with Crippen molar-refractivity contribution in [2.45, 2.75) is 13.3 Å². The van der Waals surface area contributed by atoms with Crippen LogP contribution in [-0.4, -0.2) is 12.5 Å². The van der Waals surface area contributed by atoms with Gasteiger partial charge in [-0.25, -0.2) is 4.39 Å². The van der Waals surface area contributed by atoms with Gasteiger partial charge in [0.05, 0.1) is 5.69 Å². The van der Waals surface area contributed by atoms with E-state index in [0.717, 1.165) is 5.56 Å². The highest BCUT2D eigenvalue weighted by atomic mass is 19.1. The quantitative estimate of drug-likeness (QED) is 0.662. The van der Waals surface area contributed by atoms with Crippen LogP contribution in [0.15, 0.2) is 12.1 Å². The minimum atomic E-state index is -0.386. The van der Waals surface area contributed by atoms with E-state index in [-0.39, 0.29) is 17.4 Å². The Balaban J connectivity index is 2.50. The van der Waals surface area contributed by atoms with E-state index in [1.807, 2.05) is 13.0 Å². The number of anilines is 2. The number of halogens is 1. The van der Waals surface area contributed by atoms with Crippen LogP contribution in [0, 0.1) is 12.7 Å². The van der Waals surface area contributed by atoms with E-state index in [1.54, 1.807) is 0 Å². The monoisotopic (exact) mass is 194 g/mol. The van der Waals surface area contributed by atoms with Crippen molar-refractivity contribution in [3.63, 3.8) is 0 Å². The van der Waals surface area contributed by atoms with Crippen LogP contribution in [0.2, 0.25) is 0 Å². The molecule has 0 spiro atoms. The number of carbonyl (C=O) groups is 1. The average Bonchev–Trinajstić information content (AvgIpc) is 2.27. The van der Waals surface area contributed by atoms with E-state index in [2.05, 4.69) is 10.6 Å². The van der Waals surface area contributed by atoms with Crippen LogP contribution in [0.4, 0.5) is 15.8 Å². The maximum atomic E-state index is 13.4. The molecular formula is C10H11FN2O. The second-order valence-electron chi connectivity index (χ2n) is 3.39. The minimum Gasteiger partial charge on any atom is -0.383 e. The highest BCUT2D eigenvalue weighted by Crippen LogP contribution is 2.28. The topological polar surface area (TPSA) is 41.1 Å². The Hall–Kier alpha value is -1.58. The molecule has 0 unspecified atom stereocenters. The molecule has 0 aromatic heterocycles. The summed E-state index contributed by atoms with van der Waals surface area (Å²) in [6.45, 7) is 2.36. The summed E-state index contributed by atoms with van der Waals surface area (Å²) < 4.78 is 13.4. The number of benzene rings is 1.